The monoisotopic (exact) mass is 306 g/mol. The Hall–Kier alpha value is -0.780. The molecule has 1 aromatic rings. The lowest BCUT2D eigenvalue weighted by Crippen LogP contribution is -2.12. The molecular formula is C10H11IO3. The summed E-state index contributed by atoms with van der Waals surface area (Å²) < 4.78 is 10.6. The lowest BCUT2D eigenvalue weighted by Gasteiger charge is -2.05. The van der Waals surface area contributed by atoms with E-state index in [4.69, 9.17) is 4.74 Å². The van der Waals surface area contributed by atoms with E-state index in [1.165, 1.54) is 12.7 Å². The van der Waals surface area contributed by atoms with Crippen LogP contribution in [-0.2, 0) is 14.0 Å². The highest BCUT2D eigenvalue weighted by molar-refractivity contribution is 14.1. The Balaban J connectivity index is 2.54. The Labute approximate surface area is 96.5 Å². The Bertz CT molecular complexity index is 312. The first kappa shape index (κ1) is 11.3. The summed E-state index contributed by atoms with van der Waals surface area (Å²) in [6.07, 6.45) is 0. The van der Waals surface area contributed by atoms with E-state index in [1.54, 1.807) is 0 Å². The van der Waals surface area contributed by atoms with Gasteiger partial charge in [0.1, 0.15) is 5.75 Å². The number of hydrogen-bond acceptors (Lipinski definition) is 3. The number of alkyl halides is 1. The van der Waals surface area contributed by atoms with Gasteiger partial charge in [-0.25, -0.2) is 4.79 Å². The predicted octanol–water partition coefficient (Wildman–Crippen LogP) is 2.17. The van der Waals surface area contributed by atoms with Crippen LogP contribution in [0.3, 0.4) is 0 Å². The first-order valence-corrected chi connectivity index (χ1v) is 5.63. The molecule has 0 saturated heterocycles. The average Bonchev–Trinajstić information content (AvgIpc) is 2.26. The van der Waals surface area contributed by atoms with Gasteiger partial charge in [-0.3, -0.25) is 0 Å². The van der Waals surface area contributed by atoms with Crippen LogP contribution in [0.2, 0.25) is 0 Å². The third-order valence-electron chi connectivity index (χ3n) is 1.64. The van der Waals surface area contributed by atoms with Gasteiger partial charge in [0.15, 0.2) is 6.61 Å². The smallest absolute Gasteiger partial charge is 0.343 e. The fourth-order valence-electron chi connectivity index (χ4n) is 0.920. The fraction of sp³-hybridized carbons (Fsp3) is 0.300. The number of carbonyl (C=O) groups excluding carboxylic acids is 1. The quantitative estimate of drug-likeness (QED) is 0.486. The van der Waals surface area contributed by atoms with Crippen LogP contribution in [0.4, 0.5) is 0 Å². The van der Waals surface area contributed by atoms with Crippen molar-refractivity contribution < 1.29 is 14.3 Å². The minimum Gasteiger partial charge on any atom is -0.482 e. The number of halogens is 1. The van der Waals surface area contributed by atoms with E-state index in [2.05, 4.69) is 27.3 Å². The molecule has 0 unspecified atom stereocenters. The zero-order chi connectivity index (χ0) is 10.4. The van der Waals surface area contributed by atoms with Crippen molar-refractivity contribution in [3.05, 3.63) is 29.8 Å². The van der Waals surface area contributed by atoms with Crippen LogP contribution in [0.5, 0.6) is 5.75 Å². The van der Waals surface area contributed by atoms with Crippen LogP contribution in [0.25, 0.3) is 0 Å². The van der Waals surface area contributed by atoms with Crippen LogP contribution < -0.4 is 4.74 Å². The van der Waals surface area contributed by atoms with Crippen molar-refractivity contribution in [3.63, 3.8) is 0 Å². The molecular weight excluding hydrogens is 295 g/mol. The van der Waals surface area contributed by atoms with E-state index in [-0.39, 0.29) is 12.6 Å². The zero-order valence-electron chi connectivity index (χ0n) is 7.83. The topological polar surface area (TPSA) is 35.5 Å². The van der Waals surface area contributed by atoms with Crippen LogP contribution in [0.15, 0.2) is 24.3 Å². The van der Waals surface area contributed by atoms with Crippen molar-refractivity contribution in [1.82, 2.24) is 0 Å². The average molecular weight is 306 g/mol. The molecule has 0 atom stereocenters. The van der Waals surface area contributed by atoms with E-state index in [0.29, 0.717) is 5.75 Å². The maximum Gasteiger partial charge on any atom is 0.343 e. The zero-order valence-corrected chi connectivity index (χ0v) is 9.98. The highest BCUT2D eigenvalue weighted by Crippen LogP contribution is 2.15. The van der Waals surface area contributed by atoms with Crippen molar-refractivity contribution in [2.75, 3.05) is 13.7 Å². The summed E-state index contributed by atoms with van der Waals surface area (Å²) in [5.74, 6) is 0.328. The molecule has 0 N–H and O–H groups in total. The summed E-state index contributed by atoms with van der Waals surface area (Å²) in [6, 6.07) is 7.65. The molecule has 0 spiro atoms. The lowest BCUT2D eigenvalue weighted by molar-refractivity contribution is -0.142. The van der Waals surface area contributed by atoms with Crippen molar-refractivity contribution in [2.24, 2.45) is 0 Å². The van der Waals surface area contributed by atoms with E-state index in [1.807, 2.05) is 24.3 Å². The highest BCUT2D eigenvalue weighted by atomic mass is 127. The molecule has 0 aliphatic carbocycles. The summed E-state index contributed by atoms with van der Waals surface area (Å²) in [7, 11) is 1.34. The molecule has 1 rings (SSSR count). The highest BCUT2D eigenvalue weighted by Gasteiger charge is 2.01. The third kappa shape index (κ3) is 3.53. The SMILES string of the molecule is COC(=O)COc1cccc(CI)c1. The second kappa shape index (κ2) is 5.85. The van der Waals surface area contributed by atoms with Gasteiger partial charge in [0.05, 0.1) is 7.11 Å². The third-order valence-corrected chi connectivity index (χ3v) is 2.52. The van der Waals surface area contributed by atoms with Gasteiger partial charge in [-0.1, -0.05) is 34.7 Å². The fourth-order valence-corrected chi connectivity index (χ4v) is 1.39. The predicted molar refractivity (Wildman–Crippen MR) is 61.7 cm³/mol. The van der Waals surface area contributed by atoms with Gasteiger partial charge in [-0.2, -0.15) is 0 Å². The Morgan fingerprint density at radius 2 is 2.29 bits per heavy atom. The van der Waals surface area contributed by atoms with Gasteiger partial charge in [-0.05, 0) is 17.7 Å². The molecule has 1 aromatic carbocycles. The molecule has 4 heteroatoms. The Morgan fingerprint density at radius 3 is 2.93 bits per heavy atom. The minimum absolute atomic E-state index is 0.0405. The molecule has 0 amide bonds. The van der Waals surface area contributed by atoms with E-state index >= 15 is 0 Å². The van der Waals surface area contributed by atoms with Crippen molar-refractivity contribution >= 4 is 28.6 Å². The normalized spacial score (nSPS) is 9.57. The van der Waals surface area contributed by atoms with Gasteiger partial charge < -0.3 is 9.47 Å². The summed E-state index contributed by atoms with van der Waals surface area (Å²) in [5, 5.41) is 0. The first-order chi connectivity index (χ1) is 6.76. The van der Waals surface area contributed by atoms with E-state index in [9.17, 15) is 4.79 Å². The summed E-state index contributed by atoms with van der Waals surface area (Å²) in [4.78, 5) is 10.8. The van der Waals surface area contributed by atoms with Crippen LogP contribution >= 0.6 is 22.6 Å². The van der Waals surface area contributed by atoms with E-state index in [0.717, 1.165) is 4.43 Å². The molecule has 0 heterocycles. The molecule has 0 aliphatic rings. The van der Waals surface area contributed by atoms with Gasteiger partial charge >= 0.3 is 5.97 Å². The van der Waals surface area contributed by atoms with Gasteiger partial charge in [0.2, 0.25) is 0 Å². The Morgan fingerprint density at radius 1 is 1.50 bits per heavy atom. The molecule has 0 saturated carbocycles. The summed E-state index contributed by atoms with van der Waals surface area (Å²) in [6.45, 7) is -0.0405. The van der Waals surface area contributed by atoms with Crippen molar-refractivity contribution in [2.45, 2.75) is 4.43 Å². The molecule has 14 heavy (non-hydrogen) atoms. The Kier molecular flexibility index (Phi) is 4.72. The lowest BCUT2D eigenvalue weighted by atomic mass is 10.2. The molecule has 0 bridgehead atoms. The molecule has 0 radical (unpaired) electrons. The van der Waals surface area contributed by atoms with Crippen LogP contribution in [0.1, 0.15) is 5.56 Å². The number of esters is 1. The van der Waals surface area contributed by atoms with E-state index < -0.39 is 0 Å². The molecule has 0 aliphatic heterocycles. The van der Waals surface area contributed by atoms with Crippen molar-refractivity contribution in [1.29, 1.82) is 0 Å². The second-order valence-electron chi connectivity index (χ2n) is 2.65. The maximum absolute atomic E-state index is 10.8. The molecule has 76 valence electrons. The van der Waals surface area contributed by atoms with Crippen LogP contribution in [0, 0.1) is 0 Å². The molecule has 0 aromatic heterocycles. The number of benzene rings is 1. The molecule has 3 nitrogen and oxygen atoms in total. The largest absolute Gasteiger partial charge is 0.482 e. The standard InChI is InChI=1S/C10H11IO3/c1-13-10(12)7-14-9-4-2-3-8(5-9)6-11/h2-5H,6-7H2,1H3. The number of hydrogen-bond donors (Lipinski definition) is 0. The van der Waals surface area contributed by atoms with Crippen molar-refractivity contribution in [3.8, 4) is 5.75 Å². The number of ether oxygens (including phenoxy) is 2. The summed E-state index contributed by atoms with van der Waals surface area (Å²) in [5.41, 5.74) is 1.17. The number of rotatable bonds is 4. The van der Waals surface area contributed by atoms with Gasteiger partial charge in [0, 0.05) is 4.43 Å². The second-order valence-corrected chi connectivity index (χ2v) is 3.41. The number of carbonyl (C=O) groups is 1. The number of methoxy groups -OCH3 is 1. The minimum atomic E-state index is -0.370. The maximum atomic E-state index is 10.8. The first-order valence-electron chi connectivity index (χ1n) is 4.11. The molecule has 0 fully saturated rings. The summed E-state index contributed by atoms with van der Waals surface area (Å²) >= 11 is 2.27. The van der Waals surface area contributed by atoms with Crippen LogP contribution in [-0.4, -0.2) is 19.7 Å². The van der Waals surface area contributed by atoms with Gasteiger partial charge in [-0.15, -0.1) is 0 Å². The van der Waals surface area contributed by atoms with Gasteiger partial charge in [0.25, 0.3) is 0 Å².